The lowest BCUT2D eigenvalue weighted by molar-refractivity contribution is 0.0955. The number of fused-ring (bicyclic) bond motifs is 1. The van der Waals surface area contributed by atoms with Crippen molar-refractivity contribution >= 4 is 58.1 Å². The lowest BCUT2D eigenvalue weighted by Crippen LogP contribution is -2.17. The van der Waals surface area contributed by atoms with Gasteiger partial charge in [-0.1, -0.05) is 54.9 Å². The van der Waals surface area contributed by atoms with E-state index in [0.29, 0.717) is 26.4 Å². The van der Waals surface area contributed by atoms with Gasteiger partial charge in [-0.05, 0) is 30.3 Å². The number of carbonyl (C=O) groups is 1. The first-order chi connectivity index (χ1) is 12.4. The molecular formula is C18H16Cl2N4OS. The van der Waals surface area contributed by atoms with Crippen LogP contribution in [0.3, 0.4) is 0 Å². The number of aromatic nitrogens is 2. The van der Waals surface area contributed by atoms with Crippen molar-refractivity contribution < 1.29 is 4.79 Å². The number of hydrogen-bond acceptors (Lipinski definition) is 4. The van der Waals surface area contributed by atoms with Crippen LogP contribution in [0.2, 0.25) is 10.0 Å². The van der Waals surface area contributed by atoms with Gasteiger partial charge < -0.3 is 4.98 Å². The third-order valence-electron chi connectivity index (χ3n) is 3.43. The molecule has 0 atom stereocenters. The van der Waals surface area contributed by atoms with Crippen molar-refractivity contribution in [3.05, 3.63) is 57.6 Å². The second kappa shape index (κ2) is 8.12. The standard InChI is InChI=1S/C18H16Cl2N4OS/c1-10(2)26-18-22-15-7-6-11(8-16(15)23-18)17(25)24-21-9-12-13(19)4-3-5-14(12)20/h3-10H,1-2H3,(H,22,23)(H,24,25)/b21-9-. The lowest BCUT2D eigenvalue weighted by atomic mass is 10.2. The van der Waals surface area contributed by atoms with E-state index in [-0.39, 0.29) is 5.91 Å². The number of aromatic amines is 1. The van der Waals surface area contributed by atoms with Crippen molar-refractivity contribution in [1.82, 2.24) is 15.4 Å². The number of H-pyrrole nitrogens is 1. The van der Waals surface area contributed by atoms with Gasteiger partial charge in [0.2, 0.25) is 0 Å². The summed E-state index contributed by atoms with van der Waals surface area (Å²) >= 11 is 13.8. The van der Waals surface area contributed by atoms with E-state index in [4.69, 9.17) is 23.2 Å². The molecule has 2 aromatic carbocycles. The van der Waals surface area contributed by atoms with E-state index < -0.39 is 0 Å². The molecule has 0 unspecified atom stereocenters. The molecule has 0 saturated carbocycles. The fourth-order valence-corrected chi connectivity index (χ4v) is 3.52. The van der Waals surface area contributed by atoms with Crippen molar-refractivity contribution in [1.29, 1.82) is 0 Å². The number of amides is 1. The average Bonchev–Trinajstić information content (AvgIpc) is 2.97. The number of hydrogen-bond donors (Lipinski definition) is 2. The van der Waals surface area contributed by atoms with Gasteiger partial charge in [0.15, 0.2) is 5.16 Å². The van der Waals surface area contributed by atoms with Crippen LogP contribution < -0.4 is 5.43 Å². The number of benzene rings is 2. The maximum absolute atomic E-state index is 12.3. The average molecular weight is 407 g/mol. The number of carbonyl (C=O) groups excluding carboxylic acids is 1. The molecule has 0 aliphatic rings. The van der Waals surface area contributed by atoms with E-state index in [9.17, 15) is 4.79 Å². The first-order valence-corrected chi connectivity index (χ1v) is 9.51. The summed E-state index contributed by atoms with van der Waals surface area (Å²) in [7, 11) is 0. The SMILES string of the molecule is CC(C)Sc1nc2ccc(C(=O)N/N=C\c3c(Cl)cccc3Cl)cc2[nH]1. The Morgan fingerprint density at radius 3 is 2.69 bits per heavy atom. The number of thioether (sulfide) groups is 1. The Bertz CT molecular complexity index is 964. The highest BCUT2D eigenvalue weighted by Gasteiger charge is 2.10. The summed E-state index contributed by atoms with van der Waals surface area (Å²) in [5.41, 5.74) is 5.13. The molecule has 2 N–H and O–H groups in total. The maximum Gasteiger partial charge on any atom is 0.271 e. The summed E-state index contributed by atoms with van der Waals surface area (Å²) in [4.78, 5) is 20.0. The number of rotatable bonds is 5. The molecule has 1 aromatic heterocycles. The monoisotopic (exact) mass is 406 g/mol. The maximum atomic E-state index is 12.3. The van der Waals surface area contributed by atoms with Gasteiger partial charge in [-0.3, -0.25) is 4.79 Å². The topological polar surface area (TPSA) is 70.1 Å². The predicted molar refractivity (Wildman–Crippen MR) is 109 cm³/mol. The molecule has 1 heterocycles. The number of halogens is 2. The highest BCUT2D eigenvalue weighted by Crippen LogP contribution is 2.24. The Labute approximate surface area is 165 Å². The molecule has 0 bridgehead atoms. The second-order valence-electron chi connectivity index (χ2n) is 5.77. The van der Waals surface area contributed by atoms with Gasteiger partial charge in [-0.25, -0.2) is 10.4 Å². The molecule has 0 saturated heterocycles. The zero-order valence-electron chi connectivity index (χ0n) is 14.1. The zero-order chi connectivity index (χ0) is 18.7. The van der Waals surface area contributed by atoms with Crippen LogP contribution in [0.25, 0.3) is 11.0 Å². The number of imidazole rings is 1. The first kappa shape index (κ1) is 18.8. The number of nitrogens with zero attached hydrogens (tertiary/aromatic N) is 2. The van der Waals surface area contributed by atoms with Gasteiger partial charge in [0.05, 0.1) is 27.3 Å². The van der Waals surface area contributed by atoms with E-state index in [1.807, 2.05) is 0 Å². The van der Waals surface area contributed by atoms with Gasteiger partial charge in [-0.15, -0.1) is 0 Å². The Morgan fingerprint density at radius 1 is 1.27 bits per heavy atom. The molecule has 0 radical (unpaired) electrons. The molecule has 0 spiro atoms. The molecule has 1 amide bonds. The molecule has 0 aliphatic heterocycles. The number of hydrazone groups is 1. The van der Waals surface area contributed by atoms with Crippen LogP contribution in [-0.2, 0) is 0 Å². The number of nitrogens with one attached hydrogen (secondary N) is 2. The first-order valence-electron chi connectivity index (χ1n) is 7.88. The van der Waals surface area contributed by atoms with Gasteiger partial charge in [0.25, 0.3) is 5.91 Å². The minimum atomic E-state index is -0.334. The summed E-state index contributed by atoms with van der Waals surface area (Å²) in [6, 6.07) is 10.4. The lowest BCUT2D eigenvalue weighted by Gasteiger charge is -2.02. The van der Waals surface area contributed by atoms with E-state index in [1.165, 1.54) is 6.21 Å². The van der Waals surface area contributed by atoms with Crippen LogP contribution in [-0.4, -0.2) is 27.3 Å². The molecule has 26 heavy (non-hydrogen) atoms. The van der Waals surface area contributed by atoms with Crippen LogP contribution in [0, 0.1) is 0 Å². The Hall–Kier alpha value is -2.02. The van der Waals surface area contributed by atoms with Crippen molar-refractivity contribution in [3.63, 3.8) is 0 Å². The molecule has 134 valence electrons. The summed E-state index contributed by atoms with van der Waals surface area (Å²) in [5.74, 6) is -0.334. The van der Waals surface area contributed by atoms with Crippen molar-refractivity contribution in [2.24, 2.45) is 5.10 Å². The normalized spacial score (nSPS) is 11.6. The summed E-state index contributed by atoms with van der Waals surface area (Å²) in [6.45, 7) is 4.19. The van der Waals surface area contributed by atoms with Crippen LogP contribution in [0.5, 0.6) is 0 Å². The van der Waals surface area contributed by atoms with E-state index in [2.05, 4.69) is 34.3 Å². The summed E-state index contributed by atoms with van der Waals surface area (Å²) in [5, 5.41) is 6.12. The minimum Gasteiger partial charge on any atom is -0.333 e. The van der Waals surface area contributed by atoms with Crippen LogP contribution in [0.1, 0.15) is 29.8 Å². The van der Waals surface area contributed by atoms with Crippen molar-refractivity contribution in [2.75, 3.05) is 0 Å². The van der Waals surface area contributed by atoms with E-state index in [1.54, 1.807) is 48.2 Å². The van der Waals surface area contributed by atoms with Gasteiger partial charge in [0.1, 0.15) is 0 Å². The molecular weight excluding hydrogens is 391 g/mol. The van der Waals surface area contributed by atoms with Gasteiger partial charge in [-0.2, -0.15) is 5.10 Å². The fourth-order valence-electron chi connectivity index (χ4n) is 2.26. The Morgan fingerprint density at radius 2 is 2.00 bits per heavy atom. The summed E-state index contributed by atoms with van der Waals surface area (Å²) in [6.07, 6.45) is 1.43. The van der Waals surface area contributed by atoms with Gasteiger partial charge in [0, 0.05) is 16.4 Å². The third-order valence-corrected chi connectivity index (χ3v) is 4.98. The van der Waals surface area contributed by atoms with Crippen LogP contribution in [0.4, 0.5) is 0 Å². The van der Waals surface area contributed by atoms with Crippen LogP contribution in [0.15, 0.2) is 46.7 Å². The zero-order valence-corrected chi connectivity index (χ0v) is 16.4. The molecule has 3 rings (SSSR count). The van der Waals surface area contributed by atoms with E-state index in [0.717, 1.165) is 16.2 Å². The molecule has 8 heteroatoms. The molecule has 0 fully saturated rings. The van der Waals surface area contributed by atoms with Crippen molar-refractivity contribution in [2.45, 2.75) is 24.3 Å². The molecule has 0 aliphatic carbocycles. The van der Waals surface area contributed by atoms with Crippen molar-refractivity contribution in [3.8, 4) is 0 Å². The Balaban J connectivity index is 1.74. The van der Waals surface area contributed by atoms with E-state index >= 15 is 0 Å². The smallest absolute Gasteiger partial charge is 0.271 e. The highest BCUT2D eigenvalue weighted by molar-refractivity contribution is 7.99. The molecule has 5 nitrogen and oxygen atoms in total. The van der Waals surface area contributed by atoms with Gasteiger partial charge >= 0.3 is 0 Å². The summed E-state index contributed by atoms with van der Waals surface area (Å²) < 4.78 is 0. The molecule has 3 aromatic rings. The fraction of sp³-hybridized carbons (Fsp3) is 0.167. The Kier molecular flexibility index (Phi) is 5.86. The quantitative estimate of drug-likeness (QED) is 0.350. The predicted octanol–water partition coefficient (Wildman–Crippen LogP) is 5.13. The second-order valence-corrected chi connectivity index (χ2v) is 8.15. The highest BCUT2D eigenvalue weighted by atomic mass is 35.5. The van der Waals surface area contributed by atoms with Crippen LogP contribution >= 0.6 is 35.0 Å². The third kappa shape index (κ3) is 4.38. The minimum absolute atomic E-state index is 0.334. The largest absolute Gasteiger partial charge is 0.333 e.